The highest BCUT2D eigenvalue weighted by Crippen LogP contribution is 2.29. The molecule has 1 aliphatic heterocycles. The Bertz CT molecular complexity index is 492. The van der Waals surface area contributed by atoms with Crippen LogP contribution in [0, 0.1) is 5.92 Å². The molecule has 0 unspecified atom stereocenters. The van der Waals surface area contributed by atoms with Crippen LogP contribution < -0.4 is 5.73 Å². The van der Waals surface area contributed by atoms with Crippen LogP contribution in [0.1, 0.15) is 49.7 Å². The van der Waals surface area contributed by atoms with Gasteiger partial charge in [0.2, 0.25) is 5.91 Å². The zero-order chi connectivity index (χ0) is 13.9. The van der Waals surface area contributed by atoms with Crippen LogP contribution in [0.15, 0.2) is 18.2 Å². The zero-order valence-electron chi connectivity index (χ0n) is 12.1. The summed E-state index contributed by atoms with van der Waals surface area (Å²) in [6.07, 6.45) is 8.08. The molecule has 1 aromatic rings. The highest BCUT2D eigenvalue weighted by atomic mass is 16.2. The van der Waals surface area contributed by atoms with Crippen LogP contribution in [0.3, 0.4) is 0 Å². The lowest BCUT2D eigenvalue weighted by atomic mass is 9.97. The summed E-state index contributed by atoms with van der Waals surface area (Å²) in [4.78, 5) is 14.4. The molecule has 1 heterocycles. The number of nitrogens with two attached hydrogens (primary N) is 1. The lowest BCUT2D eigenvalue weighted by molar-refractivity contribution is -0.132. The molecule has 108 valence electrons. The minimum Gasteiger partial charge on any atom is -0.398 e. The van der Waals surface area contributed by atoms with Crippen molar-refractivity contribution in [3.63, 3.8) is 0 Å². The molecule has 1 aliphatic carbocycles. The van der Waals surface area contributed by atoms with Gasteiger partial charge in [-0.05, 0) is 36.0 Å². The topological polar surface area (TPSA) is 46.3 Å². The monoisotopic (exact) mass is 272 g/mol. The molecule has 2 N–H and O–H groups in total. The molecule has 0 spiro atoms. The molecule has 0 aromatic heterocycles. The Hall–Kier alpha value is -1.51. The molecular weight excluding hydrogens is 248 g/mol. The lowest BCUT2D eigenvalue weighted by Crippen LogP contribution is -2.36. The largest absolute Gasteiger partial charge is 0.398 e. The molecule has 1 amide bonds. The van der Waals surface area contributed by atoms with Crippen LogP contribution in [0.5, 0.6) is 0 Å². The number of carbonyl (C=O) groups is 1. The summed E-state index contributed by atoms with van der Waals surface area (Å²) in [6.45, 7) is 1.55. The number of rotatable bonds is 3. The van der Waals surface area contributed by atoms with Gasteiger partial charge < -0.3 is 10.6 Å². The summed E-state index contributed by atoms with van der Waals surface area (Å²) in [5.74, 6) is 1.10. The molecule has 1 saturated carbocycles. The standard InChI is InChI=1S/C17H24N2O/c18-16-7-3-6-14-10-11-19(12-15(14)16)17(20)9-8-13-4-1-2-5-13/h3,6-7,13H,1-2,4-5,8-12,18H2. The molecule has 20 heavy (non-hydrogen) atoms. The van der Waals surface area contributed by atoms with Gasteiger partial charge in [-0.2, -0.15) is 0 Å². The van der Waals surface area contributed by atoms with Crippen LogP contribution in [-0.2, 0) is 17.8 Å². The van der Waals surface area contributed by atoms with Gasteiger partial charge in [-0.3, -0.25) is 4.79 Å². The molecule has 0 atom stereocenters. The Morgan fingerprint density at radius 1 is 1.30 bits per heavy atom. The minimum absolute atomic E-state index is 0.311. The summed E-state index contributed by atoms with van der Waals surface area (Å²) in [5, 5.41) is 0. The van der Waals surface area contributed by atoms with Crippen LogP contribution in [-0.4, -0.2) is 17.4 Å². The van der Waals surface area contributed by atoms with Crippen molar-refractivity contribution in [2.45, 2.75) is 51.5 Å². The maximum atomic E-state index is 12.4. The first-order valence-electron chi connectivity index (χ1n) is 7.88. The molecule has 0 bridgehead atoms. The average molecular weight is 272 g/mol. The number of amides is 1. The van der Waals surface area contributed by atoms with Crippen molar-refractivity contribution in [3.8, 4) is 0 Å². The van der Waals surface area contributed by atoms with E-state index >= 15 is 0 Å². The summed E-state index contributed by atoms with van der Waals surface area (Å²) in [5.41, 5.74) is 9.34. The van der Waals surface area contributed by atoms with Crippen molar-refractivity contribution in [2.24, 2.45) is 5.92 Å². The smallest absolute Gasteiger partial charge is 0.222 e. The van der Waals surface area contributed by atoms with Gasteiger partial charge in [0, 0.05) is 25.2 Å². The van der Waals surface area contributed by atoms with Crippen molar-refractivity contribution in [2.75, 3.05) is 12.3 Å². The van der Waals surface area contributed by atoms with E-state index in [9.17, 15) is 4.79 Å². The van der Waals surface area contributed by atoms with E-state index in [2.05, 4.69) is 6.07 Å². The normalized spacial score (nSPS) is 19.1. The second-order valence-electron chi connectivity index (χ2n) is 6.24. The van der Waals surface area contributed by atoms with E-state index in [1.807, 2.05) is 17.0 Å². The number of fused-ring (bicyclic) bond motifs is 1. The van der Waals surface area contributed by atoms with Gasteiger partial charge in [0.25, 0.3) is 0 Å². The molecule has 3 nitrogen and oxygen atoms in total. The second-order valence-corrected chi connectivity index (χ2v) is 6.24. The van der Waals surface area contributed by atoms with E-state index < -0.39 is 0 Å². The first-order valence-corrected chi connectivity index (χ1v) is 7.88. The molecule has 3 rings (SSSR count). The Labute approximate surface area is 121 Å². The van der Waals surface area contributed by atoms with Gasteiger partial charge in [0.1, 0.15) is 0 Å². The van der Waals surface area contributed by atoms with Crippen LogP contribution in [0.4, 0.5) is 5.69 Å². The van der Waals surface area contributed by atoms with Gasteiger partial charge in [0.15, 0.2) is 0 Å². The lowest BCUT2D eigenvalue weighted by Gasteiger charge is -2.30. The van der Waals surface area contributed by atoms with E-state index in [0.29, 0.717) is 18.9 Å². The fraction of sp³-hybridized carbons (Fsp3) is 0.588. The van der Waals surface area contributed by atoms with Crippen molar-refractivity contribution in [1.29, 1.82) is 0 Å². The van der Waals surface area contributed by atoms with Crippen LogP contribution in [0.2, 0.25) is 0 Å². The predicted octanol–water partition coefficient (Wildman–Crippen LogP) is 3.12. The Morgan fingerprint density at radius 2 is 2.10 bits per heavy atom. The molecule has 0 saturated heterocycles. The van der Waals surface area contributed by atoms with Crippen molar-refractivity contribution >= 4 is 11.6 Å². The average Bonchev–Trinajstić information content (AvgIpc) is 2.98. The number of carbonyl (C=O) groups excluding carboxylic acids is 1. The fourth-order valence-corrected chi connectivity index (χ4v) is 3.60. The Morgan fingerprint density at radius 3 is 2.90 bits per heavy atom. The van der Waals surface area contributed by atoms with E-state index in [4.69, 9.17) is 5.73 Å². The summed E-state index contributed by atoms with van der Waals surface area (Å²) >= 11 is 0. The van der Waals surface area contributed by atoms with E-state index in [1.54, 1.807) is 0 Å². The van der Waals surface area contributed by atoms with Crippen LogP contribution >= 0.6 is 0 Å². The quantitative estimate of drug-likeness (QED) is 0.859. The van der Waals surface area contributed by atoms with Gasteiger partial charge in [-0.1, -0.05) is 37.8 Å². The molecule has 2 aliphatic rings. The number of benzene rings is 1. The maximum Gasteiger partial charge on any atom is 0.222 e. The molecule has 1 aromatic carbocycles. The van der Waals surface area contributed by atoms with Crippen molar-refractivity contribution < 1.29 is 4.79 Å². The highest BCUT2D eigenvalue weighted by Gasteiger charge is 2.23. The van der Waals surface area contributed by atoms with Gasteiger partial charge >= 0.3 is 0 Å². The van der Waals surface area contributed by atoms with Crippen molar-refractivity contribution in [1.82, 2.24) is 4.90 Å². The Kier molecular flexibility index (Phi) is 3.95. The number of hydrogen-bond acceptors (Lipinski definition) is 2. The maximum absolute atomic E-state index is 12.4. The van der Waals surface area contributed by atoms with E-state index in [0.717, 1.165) is 36.6 Å². The second kappa shape index (κ2) is 5.86. The minimum atomic E-state index is 0.311. The number of hydrogen-bond donors (Lipinski definition) is 1. The summed E-state index contributed by atoms with van der Waals surface area (Å²) in [7, 11) is 0. The van der Waals surface area contributed by atoms with Crippen LogP contribution in [0.25, 0.3) is 0 Å². The highest BCUT2D eigenvalue weighted by molar-refractivity contribution is 5.77. The van der Waals surface area contributed by atoms with E-state index in [1.165, 1.54) is 31.2 Å². The Balaban J connectivity index is 1.58. The number of nitrogen functional groups attached to an aromatic ring is 1. The third-order valence-corrected chi connectivity index (χ3v) is 4.90. The fourth-order valence-electron chi connectivity index (χ4n) is 3.60. The zero-order valence-corrected chi connectivity index (χ0v) is 12.1. The van der Waals surface area contributed by atoms with Gasteiger partial charge in [0.05, 0.1) is 0 Å². The summed E-state index contributed by atoms with van der Waals surface area (Å²) < 4.78 is 0. The van der Waals surface area contributed by atoms with Gasteiger partial charge in [-0.15, -0.1) is 0 Å². The van der Waals surface area contributed by atoms with E-state index in [-0.39, 0.29) is 0 Å². The molecule has 0 radical (unpaired) electrons. The van der Waals surface area contributed by atoms with Gasteiger partial charge in [-0.25, -0.2) is 0 Å². The molecule has 3 heteroatoms. The predicted molar refractivity (Wildman–Crippen MR) is 81.2 cm³/mol. The first-order chi connectivity index (χ1) is 9.74. The third-order valence-electron chi connectivity index (χ3n) is 4.90. The first kappa shape index (κ1) is 13.5. The van der Waals surface area contributed by atoms with Crippen molar-refractivity contribution in [3.05, 3.63) is 29.3 Å². The molecule has 1 fully saturated rings. The molecular formula is C17H24N2O. The number of nitrogens with zero attached hydrogens (tertiary/aromatic N) is 1. The summed E-state index contributed by atoms with van der Waals surface area (Å²) in [6, 6.07) is 6.07. The third kappa shape index (κ3) is 2.82. The number of anilines is 1. The SMILES string of the molecule is Nc1cccc2c1CN(C(=O)CCC1CCCC1)CC2.